The van der Waals surface area contributed by atoms with Gasteiger partial charge in [0, 0.05) is 49.7 Å². The molecular formula is C27H34FN3O. The molecule has 1 N–H and O–H groups in total. The van der Waals surface area contributed by atoms with Gasteiger partial charge in [0.2, 0.25) is 0 Å². The Morgan fingerprint density at radius 2 is 1.72 bits per heavy atom. The summed E-state index contributed by atoms with van der Waals surface area (Å²) in [4.78, 5) is 17.5. The number of allylic oxidation sites excluding steroid dienone is 1. The first kappa shape index (κ1) is 22.5. The minimum atomic E-state index is -0.321. The molecule has 2 aromatic carbocycles. The van der Waals surface area contributed by atoms with Crippen LogP contribution in [-0.2, 0) is 6.54 Å². The number of anilines is 1. The summed E-state index contributed by atoms with van der Waals surface area (Å²) in [7, 11) is 0. The number of amides is 1. The highest BCUT2D eigenvalue weighted by molar-refractivity contribution is 6.04. The van der Waals surface area contributed by atoms with Gasteiger partial charge in [-0.15, -0.1) is 0 Å². The highest BCUT2D eigenvalue weighted by Gasteiger charge is 2.25. The summed E-state index contributed by atoms with van der Waals surface area (Å²) in [6.07, 6.45) is 5.20. The van der Waals surface area contributed by atoms with Crippen LogP contribution in [0, 0.1) is 25.6 Å². The van der Waals surface area contributed by atoms with Crippen molar-refractivity contribution >= 4 is 11.6 Å². The van der Waals surface area contributed by atoms with Gasteiger partial charge in [0.15, 0.2) is 0 Å². The van der Waals surface area contributed by atoms with Crippen LogP contribution < -0.4 is 5.32 Å². The second-order valence-corrected chi connectivity index (χ2v) is 9.29. The molecule has 1 heterocycles. The van der Waals surface area contributed by atoms with Crippen molar-refractivity contribution in [3.05, 3.63) is 76.7 Å². The highest BCUT2D eigenvalue weighted by atomic mass is 19.1. The maximum absolute atomic E-state index is 14.4. The zero-order chi connectivity index (χ0) is 22.7. The van der Waals surface area contributed by atoms with Crippen LogP contribution in [0.1, 0.15) is 52.7 Å². The molecule has 0 unspecified atom stereocenters. The quantitative estimate of drug-likeness (QED) is 0.649. The van der Waals surface area contributed by atoms with Crippen molar-refractivity contribution in [3.63, 3.8) is 0 Å². The predicted octanol–water partition coefficient (Wildman–Crippen LogP) is 5.52. The molecule has 1 aliphatic carbocycles. The highest BCUT2D eigenvalue weighted by Crippen LogP contribution is 2.32. The number of nitrogens with one attached hydrogen (secondary N) is 1. The average Bonchev–Trinajstić information content (AvgIpc) is 3.32. The molecule has 170 valence electrons. The number of aryl methyl sites for hydroxylation is 1. The third-order valence-electron chi connectivity index (χ3n) is 7.04. The number of nitrogens with zero attached hydrogens (tertiary/aromatic N) is 2. The maximum atomic E-state index is 14.4. The lowest BCUT2D eigenvalue weighted by atomic mass is 10.0. The van der Waals surface area contributed by atoms with E-state index in [2.05, 4.69) is 21.7 Å². The van der Waals surface area contributed by atoms with Crippen molar-refractivity contribution in [1.29, 1.82) is 0 Å². The van der Waals surface area contributed by atoms with Gasteiger partial charge in [0.1, 0.15) is 5.82 Å². The first-order valence-electron chi connectivity index (χ1n) is 11.7. The van der Waals surface area contributed by atoms with Crippen molar-refractivity contribution in [3.8, 4) is 0 Å². The van der Waals surface area contributed by atoms with Crippen molar-refractivity contribution in [2.45, 2.75) is 46.1 Å². The zero-order valence-corrected chi connectivity index (χ0v) is 19.3. The van der Waals surface area contributed by atoms with E-state index in [0.29, 0.717) is 23.7 Å². The molecule has 1 saturated heterocycles. The third-order valence-corrected chi connectivity index (χ3v) is 7.04. The smallest absolute Gasteiger partial charge is 0.255 e. The van der Waals surface area contributed by atoms with Crippen LogP contribution in [0.15, 0.2) is 48.7 Å². The molecule has 32 heavy (non-hydrogen) atoms. The zero-order valence-electron chi connectivity index (χ0n) is 19.3. The van der Waals surface area contributed by atoms with Crippen LogP contribution in [0.2, 0.25) is 0 Å². The van der Waals surface area contributed by atoms with Crippen LogP contribution in [0.25, 0.3) is 0 Å². The van der Waals surface area contributed by atoms with E-state index in [1.807, 2.05) is 26.0 Å². The van der Waals surface area contributed by atoms with E-state index in [1.165, 1.54) is 37.4 Å². The van der Waals surface area contributed by atoms with Gasteiger partial charge in [-0.05, 0) is 68.0 Å². The van der Waals surface area contributed by atoms with Crippen LogP contribution in [-0.4, -0.2) is 41.9 Å². The minimum Gasteiger partial charge on any atom is -0.372 e. The molecule has 2 fully saturated rings. The van der Waals surface area contributed by atoms with E-state index < -0.39 is 0 Å². The van der Waals surface area contributed by atoms with E-state index >= 15 is 0 Å². The summed E-state index contributed by atoms with van der Waals surface area (Å²) in [5.41, 5.74) is 5.36. The van der Waals surface area contributed by atoms with Crippen LogP contribution in [0.3, 0.4) is 0 Å². The summed E-state index contributed by atoms with van der Waals surface area (Å²) in [5.74, 6) is 0.119. The van der Waals surface area contributed by atoms with Crippen molar-refractivity contribution in [1.82, 2.24) is 9.80 Å². The predicted molar refractivity (Wildman–Crippen MR) is 128 cm³/mol. The van der Waals surface area contributed by atoms with Crippen LogP contribution in [0.4, 0.5) is 10.1 Å². The molecule has 0 spiro atoms. The molecule has 0 radical (unpaired) electrons. The van der Waals surface area contributed by atoms with Crippen LogP contribution >= 0.6 is 0 Å². The molecule has 0 aromatic heterocycles. The summed E-state index contributed by atoms with van der Waals surface area (Å²) in [6.45, 7) is 12.8. The van der Waals surface area contributed by atoms with Gasteiger partial charge in [-0.25, -0.2) is 4.39 Å². The lowest BCUT2D eigenvalue weighted by molar-refractivity contribution is 0.102. The summed E-state index contributed by atoms with van der Waals surface area (Å²) in [5, 5.41) is 2.90. The average molecular weight is 436 g/mol. The summed E-state index contributed by atoms with van der Waals surface area (Å²) in [6, 6.07) is 10.4. The Labute approximate surface area is 191 Å². The first-order chi connectivity index (χ1) is 15.4. The lowest BCUT2D eigenvalue weighted by Crippen LogP contribution is -2.46. The molecule has 5 heteroatoms. The molecule has 1 aliphatic heterocycles. The molecular weight excluding hydrogens is 401 g/mol. The number of rotatable bonds is 6. The molecule has 0 atom stereocenters. The molecule has 0 bridgehead atoms. The largest absolute Gasteiger partial charge is 0.372 e. The van der Waals surface area contributed by atoms with Gasteiger partial charge in [-0.2, -0.15) is 0 Å². The Morgan fingerprint density at radius 1 is 1.06 bits per heavy atom. The second-order valence-electron chi connectivity index (χ2n) is 9.29. The maximum Gasteiger partial charge on any atom is 0.255 e. The van der Waals surface area contributed by atoms with E-state index in [-0.39, 0.29) is 11.7 Å². The van der Waals surface area contributed by atoms with Crippen LogP contribution in [0.5, 0.6) is 0 Å². The van der Waals surface area contributed by atoms with E-state index in [4.69, 9.17) is 0 Å². The van der Waals surface area contributed by atoms with Crippen molar-refractivity contribution < 1.29 is 9.18 Å². The SMILES string of the molecule is C=C(C1CCCC1)N1CCN(Cc2cc(F)cc(NC(=O)c3ccc(C)cc3)c2C)CC1. The van der Waals surface area contributed by atoms with Gasteiger partial charge in [-0.3, -0.25) is 9.69 Å². The van der Waals surface area contributed by atoms with Gasteiger partial charge >= 0.3 is 0 Å². The molecule has 2 aliphatic rings. The van der Waals surface area contributed by atoms with Gasteiger partial charge in [0.25, 0.3) is 5.91 Å². The molecule has 4 rings (SSSR count). The van der Waals surface area contributed by atoms with Crippen molar-refractivity contribution in [2.24, 2.45) is 5.92 Å². The van der Waals surface area contributed by atoms with E-state index in [9.17, 15) is 9.18 Å². The fraction of sp³-hybridized carbons (Fsp3) is 0.444. The Balaban J connectivity index is 1.39. The normalized spacial score (nSPS) is 17.5. The number of hydrogen-bond acceptors (Lipinski definition) is 3. The van der Waals surface area contributed by atoms with Crippen molar-refractivity contribution in [2.75, 3.05) is 31.5 Å². The fourth-order valence-electron chi connectivity index (χ4n) is 4.88. The molecule has 4 nitrogen and oxygen atoms in total. The fourth-order valence-corrected chi connectivity index (χ4v) is 4.88. The Bertz CT molecular complexity index is 971. The third kappa shape index (κ3) is 5.21. The number of halogens is 1. The second kappa shape index (κ2) is 9.86. The molecule has 2 aromatic rings. The lowest BCUT2D eigenvalue weighted by Gasteiger charge is -2.39. The number of carbonyl (C=O) groups excluding carboxylic acids is 1. The van der Waals surface area contributed by atoms with Gasteiger partial charge in [0.05, 0.1) is 0 Å². The Hall–Kier alpha value is -2.66. The summed E-state index contributed by atoms with van der Waals surface area (Å²) < 4.78 is 14.4. The molecule has 1 amide bonds. The van der Waals surface area contributed by atoms with Gasteiger partial charge < -0.3 is 10.2 Å². The number of carbonyl (C=O) groups is 1. The van der Waals surface area contributed by atoms with Gasteiger partial charge in [-0.1, -0.05) is 37.1 Å². The monoisotopic (exact) mass is 435 g/mol. The number of hydrogen-bond donors (Lipinski definition) is 1. The number of piperazine rings is 1. The number of benzene rings is 2. The van der Waals surface area contributed by atoms with E-state index in [1.54, 1.807) is 18.2 Å². The standard InChI is InChI=1S/C27H34FN3O/c1-19-8-10-23(11-9-19)27(32)29-26-17-25(28)16-24(20(26)2)18-30-12-14-31(15-13-30)21(3)22-6-4-5-7-22/h8-11,16-17,22H,3-7,12-15,18H2,1-2H3,(H,29,32). The first-order valence-corrected chi connectivity index (χ1v) is 11.7. The Kier molecular flexibility index (Phi) is 6.95. The summed E-state index contributed by atoms with van der Waals surface area (Å²) >= 11 is 0. The van der Waals surface area contributed by atoms with E-state index in [0.717, 1.165) is 42.9 Å². The molecule has 1 saturated carbocycles. The minimum absolute atomic E-state index is 0.219. The topological polar surface area (TPSA) is 35.6 Å². The Morgan fingerprint density at radius 3 is 2.38 bits per heavy atom.